The number of benzene rings is 1. The number of para-hydroxylation sites is 1. The van der Waals surface area contributed by atoms with Crippen molar-refractivity contribution in [1.82, 2.24) is 0 Å². The minimum atomic E-state index is 0.304. The van der Waals surface area contributed by atoms with E-state index >= 15 is 0 Å². The predicted molar refractivity (Wildman–Crippen MR) is 79.1 cm³/mol. The van der Waals surface area contributed by atoms with E-state index in [1.54, 1.807) is 0 Å². The van der Waals surface area contributed by atoms with Crippen LogP contribution in [0.15, 0.2) is 24.3 Å². The highest BCUT2D eigenvalue weighted by Crippen LogP contribution is 2.30. The van der Waals surface area contributed by atoms with Gasteiger partial charge in [0, 0.05) is 24.3 Å². The van der Waals surface area contributed by atoms with Crippen LogP contribution in [0, 0.1) is 0 Å². The summed E-state index contributed by atoms with van der Waals surface area (Å²) in [5.41, 5.74) is 9.16. The van der Waals surface area contributed by atoms with E-state index in [1.807, 2.05) is 0 Å². The van der Waals surface area contributed by atoms with Crippen LogP contribution in [0.2, 0.25) is 0 Å². The third-order valence-electron chi connectivity index (χ3n) is 4.02. The fourth-order valence-corrected chi connectivity index (χ4v) is 2.85. The smallest absolute Gasteiger partial charge is 0.0401 e. The van der Waals surface area contributed by atoms with Gasteiger partial charge in [0.25, 0.3) is 0 Å². The molecule has 0 fully saturated rings. The number of rotatable bonds is 5. The Morgan fingerprint density at radius 1 is 1.39 bits per heavy atom. The van der Waals surface area contributed by atoms with E-state index in [0.29, 0.717) is 12.1 Å². The van der Waals surface area contributed by atoms with Crippen molar-refractivity contribution in [1.29, 1.82) is 0 Å². The first-order valence-electron chi connectivity index (χ1n) is 7.32. The molecule has 2 heteroatoms. The molecule has 0 saturated heterocycles. The third kappa shape index (κ3) is 3.05. The van der Waals surface area contributed by atoms with E-state index in [-0.39, 0.29) is 0 Å². The molecule has 1 aromatic rings. The quantitative estimate of drug-likeness (QED) is 0.863. The van der Waals surface area contributed by atoms with Gasteiger partial charge < -0.3 is 10.6 Å². The van der Waals surface area contributed by atoms with E-state index in [4.69, 9.17) is 5.73 Å². The number of fused-ring (bicyclic) bond motifs is 1. The molecule has 1 aliphatic heterocycles. The van der Waals surface area contributed by atoms with E-state index in [1.165, 1.54) is 36.9 Å². The standard InChI is InChI=1S/C16H26N2/c1-3-4-8-15(17)12-18-13(2)10-11-14-7-5-6-9-16(14)18/h5-7,9,13,15H,3-4,8,10-12,17H2,1-2H3. The molecule has 0 spiro atoms. The van der Waals surface area contributed by atoms with Crippen LogP contribution in [0.4, 0.5) is 5.69 Å². The number of unbranched alkanes of at least 4 members (excludes halogenated alkanes) is 1. The summed E-state index contributed by atoms with van der Waals surface area (Å²) >= 11 is 0. The van der Waals surface area contributed by atoms with Gasteiger partial charge in [0.15, 0.2) is 0 Å². The van der Waals surface area contributed by atoms with Crippen LogP contribution < -0.4 is 10.6 Å². The number of nitrogens with two attached hydrogens (primary N) is 1. The summed E-state index contributed by atoms with van der Waals surface area (Å²) in [7, 11) is 0. The summed E-state index contributed by atoms with van der Waals surface area (Å²) in [5.74, 6) is 0. The number of nitrogens with zero attached hydrogens (tertiary/aromatic N) is 1. The van der Waals surface area contributed by atoms with Gasteiger partial charge in [0.2, 0.25) is 0 Å². The molecule has 0 aliphatic carbocycles. The molecule has 18 heavy (non-hydrogen) atoms. The molecule has 0 radical (unpaired) electrons. The number of hydrogen-bond acceptors (Lipinski definition) is 2. The zero-order valence-electron chi connectivity index (χ0n) is 11.7. The van der Waals surface area contributed by atoms with Gasteiger partial charge in [-0.2, -0.15) is 0 Å². The van der Waals surface area contributed by atoms with Gasteiger partial charge in [-0.15, -0.1) is 0 Å². The molecule has 100 valence electrons. The number of aryl methyl sites for hydroxylation is 1. The molecular formula is C16H26N2. The maximum Gasteiger partial charge on any atom is 0.0401 e. The van der Waals surface area contributed by atoms with E-state index in [2.05, 4.69) is 43.0 Å². The fourth-order valence-electron chi connectivity index (χ4n) is 2.85. The highest BCUT2D eigenvalue weighted by atomic mass is 15.2. The van der Waals surface area contributed by atoms with Crippen LogP contribution >= 0.6 is 0 Å². The Hall–Kier alpha value is -1.02. The van der Waals surface area contributed by atoms with Crippen molar-refractivity contribution in [2.75, 3.05) is 11.4 Å². The van der Waals surface area contributed by atoms with Crippen LogP contribution in [-0.2, 0) is 6.42 Å². The molecule has 1 heterocycles. The SMILES string of the molecule is CCCCC(N)CN1c2ccccc2CCC1C. The average molecular weight is 246 g/mol. The lowest BCUT2D eigenvalue weighted by molar-refractivity contribution is 0.500. The minimum Gasteiger partial charge on any atom is -0.367 e. The molecule has 1 aliphatic rings. The summed E-state index contributed by atoms with van der Waals surface area (Å²) in [4.78, 5) is 2.51. The molecule has 0 amide bonds. The maximum atomic E-state index is 6.27. The Bertz CT molecular complexity index is 375. The zero-order valence-corrected chi connectivity index (χ0v) is 11.7. The molecule has 0 saturated carbocycles. The lowest BCUT2D eigenvalue weighted by atomic mass is 9.95. The predicted octanol–water partition coefficient (Wildman–Crippen LogP) is 3.35. The normalized spacial score (nSPS) is 20.6. The van der Waals surface area contributed by atoms with Crippen molar-refractivity contribution in [3.63, 3.8) is 0 Å². The summed E-state index contributed by atoms with van der Waals surface area (Å²) in [5, 5.41) is 0. The molecular weight excluding hydrogens is 220 g/mol. The van der Waals surface area contributed by atoms with Crippen molar-refractivity contribution >= 4 is 5.69 Å². The van der Waals surface area contributed by atoms with Gasteiger partial charge in [-0.25, -0.2) is 0 Å². The summed E-state index contributed by atoms with van der Waals surface area (Å²) < 4.78 is 0. The first-order chi connectivity index (χ1) is 8.72. The van der Waals surface area contributed by atoms with Crippen LogP contribution in [0.1, 0.15) is 45.1 Å². The summed E-state index contributed by atoms with van der Waals surface area (Å²) in [6.45, 7) is 5.55. The molecule has 2 N–H and O–H groups in total. The van der Waals surface area contributed by atoms with Crippen molar-refractivity contribution in [3.05, 3.63) is 29.8 Å². The Labute approximate surface area is 111 Å². The molecule has 0 bridgehead atoms. The van der Waals surface area contributed by atoms with E-state index in [9.17, 15) is 0 Å². The first-order valence-corrected chi connectivity index (χ1v) is 7.32. The lowest BCUT2D eigenvalue weighted by Gasteiger charge is -2.38. The van der Waals surface area contributed by atoms with Crippen molar-refractivity contribution in [2.45, 2.75) is 58.0 Å². The average Bonchev–Trinajstić information content (AvgIpc) is 2.40. The van der Waals surface area contributed by atoms with Gasteiger partial charge >= 0.3 is 0 Å². The molecule has 2 atom stereocenters. The Balaban J connectivity index is 2.07. The Morgan fingerprint density at radius 2 is 2.17 bits per heavy atom. The monoisotopic (exact) mass is 246 g/mol. The highest BCUT2D eigenvalue weighted by molar-refractivity contribution is 5.56. The van der Waals surface area contributed by atoms with Crippen LogP contribution in [-0.4, -0.2) is 18.6 Å². The molecule has 1 aromatic carbocycles. The lowest BCUT2D eigenvalue weighted by Crippen LogP contribution is -2.44. The fraction of sp³-hybridized carbons (Fsp3) is 0.625. The van der Waals surface area contributed by atoms with Gasteiger partial charge in [0.05, 0.1) is 0 Å². The number of anilines is 1. The van der Waals surface area contributed by atoms with Gasteiger partial charge in [-0.05, 0) is 37.8 Å². The Kier molecular flexibility index (Phi) is 4.65. The van der Waals surface area contributed by atoms with Crippen molar-refractivity contribution < 1.29 is 0 Å². The van der Waals surface area contributed by atoms with Gasteiger partial charge in [-0.1, -0.05) is 38.0 Å². The van der Waals surface area contributed by atoms with E-state index in [0.717, 1.165) is 13.0 Å². The maximum absolute atomic E-state index is 6.27. The molecule has 2 nitrogen and oxygen atoms in total. The second-order valence-electron chi connectivity index (χ2n) is 5.57. The Morgan fingerprint density at radius 3 is 2.94 bits per heavy atom. The molecule has 2 unspecified atom stereocenters. The van der Waals surface area contributed by atoms with Gasteiger partial charge in [0.1, 0.15) is 0 Å². The first kappa shape index (κ1) is 13.4. The van der Waals surface area contributed by atoms with Crippen LogP contribution in [0.3, 0.4) is 0 Å². The highest BCUT2D eigenvalue weighted by Gasteiger charge is 2.23. The van der Waals surface area contributed by atoms with Crippen molar-refractivity contribution in [3.8, 4) is 0 Å². The second-order valence-corrected chi connectivity index (χ2v) is 5.57. The second kappa shape index (κ2) is 6.24. The van der Waals surface area contributed by atoms with E-state index < -0.39 is 0 Å². The summed E-state index contributed by atoms with van der Waals surface area (Å²) in [6, 6.07) is 9.71. The topological polar surface area (TPSA) is 29.3 Å². The summed E-state index contributed by atoms with van der Waals surface area (Å²) in [6.07, 6.45) is 6.07. The minimum absolute atomic E-state index is 0.304. The third-order valence-corrected chi connectivity index (χ3v) is 4.02. The van der Waals surface area contributed by atoms with Gasteiger partial charge in [-0.3, -0.25) is 0 Å². The largest absolute Gasteiger partial charge is 0.367 e. The molecule has 2 rings (SSSR count). The van der Waals surface area contributed by atoms with Crippen molar-refractivity contribution in [2.24, 2.45) is 5.73 Å². The van der Waals surface area contributed by atoms with Crippen LogP contribution in [0.5, 0.6) is 0 Å². The zero-order chi connectivity index (χ0) is 13.0. The number of hydrogen-bond donors (Lipinski definition) is 1. The van der Waals surface area contributed by atoms with Crippen LogP contribution in [0.25, 0.3) is 0 Å². The molecule has 0 aromatic heterocycles.